The number of hydrogen-bond donors (Lipinski definition) is 1. The average molecular weight is 295 g/mol. The zero-order chi connectivity index (χ0) is 14.8. The molecule has 0 fully saturated rings. The van der Waals surface area contributed by atoms with E-state index in [2.05, 4.69) is 15.3 Å². The molecule has 0 radical (unpaired) electrons. The molecule has 0 aliphatic rings. The first-order valence-electron chi connectivity index (χ1n) is 5.90. The summed E-state index contributed by atoms with van der Waals surface area (Å²) in [5, 5.41) is 3.68. The van der Waals surface area contributed by atoms with Crippen molar-refractivity contribution in [2.24, 2.45) is 0 Å². The van der Waals surface area contributed by atoms with E-state index in [0.717, 1.165) is 6.20 Å². The number of nitrogens with zero attached hydrogens (tertiary/aromatic N) is 2. The van der Waals surface area contributed by atoms with E-state index in [-0.39, 0.29) is 0 Å². The Bertz CT molecular complexity index is 622. The van der Waals surface area contributed by atoms with Gasteiger partial charge in [0, 0.05) is 11.8 Å². The molecule has 2 aromatic rings. The lowest BCUT2D eigenvalue weighted by Gasteiger charge is -2.19. The molecule has 2 aromatic heterocycles. The van der Waals surface area contributed by atoms with E-state index in [4.69, 9.17) is 4.74 Å². The van der Waals surface area contributed by atoms with E-state index in [1.807, 2.05) is 0 Å². The van der Waals surface area contributed by atoms with Gasteiger partial charge in [0.25, 0.3) is 0 Å². The summed E-state index contributed by atoms with van der Waals surface area (Å²) in [4.78, 5) is 19.5. The summed E-state index contributed by atoms with van der Waals surface area (Å²) in [6.45, 7) is 5.34. The van der Waals surface area contributed by atoms with Crippen molar-refractivity contribution in [3.05, 3.63) is 30.5 Å². The number of thiazole rings is 1. The van der Waals surface area contributed by atoms with E-state index >= 15 is 0 Å². The van der Waals surface area contributed by atoms with Gasteiger partial charge in [0.1, 0.15) is 21.4 Å². The Balaban J connectivity index is 2.08. The van der Waals surface area contributed by atoms with Crippen LogP contribution < -0.4 is 5.32 Å². The molecule has 1 N–H and O–H groups in total. The number of ether oxygens (including phenoxy) is 1. The van der Waals surface area contributed by atoms with E-state index in [0.29, 0.717) is 15.6 Å². The molecular weight excluding hydrogens is 281 g/mol. The van der Waals surface area contributed by atoms with Crippen LogP contribution in [-0.2, 0) is 4.74 Å². The highest BCUT2D eigenvalue weighted by Gasteiger charge is 2.17. The first-order valence-corrected chi connectivity index (χ1v) is 6.72. The number of carbonyl (C=O) groups is 1. The Hall–Kier alpha value is -2.02. The Labute approximate surface area is 119 Å². The van der Waals surface area contributed by atoms with Gasteiger partial charge in [-0.2, -0.15) is 0 Å². The monoisotopic (exact) mass is 295 g/mol. The maximum absolute atomic E-state index is 13.1. The summed E-state index contributed by atoms with van der Waals surface area (Å²) in [7, 11) is 0. The van der Waals surface area contributed by atoms with Gasteiger partial charge >= 0.3 is 6.09 Å². The highest BCUT2D eigenvalue weighted by molar-refractivity contribution is 7.19. The number of amides is 1. The van der Waals surface area contributed by atoms with Crippen molar-refractivity contribution in [1.82, 2.24) is 9.97 Å². The highest BCUT2D eigenvalue weighted by Crippen LogP contribution is 2.28. The lowest BCUT2D eigenvalue weighted by Crippen LogP contribution is -2.26. The maximum Gasteiger partial charge on any atom is 0.412 e. The van der Waals surface area contributed by atoms with Crippen molar-refractivity contribution >= 4 is 22.4 Å². The summed E-state index contributed by atoms with van der Waals surface area (Å²) in [5.74, 6) is -0.431. The smallest absolute Gasteiger partial charge is 0.412 e. The number of carbonyl (C=O) groups excluding carboxylic acids is 1. The van der Waals surface area contributed by atoms with E-state index in [1.54, 1.807) is 20.8 Å². The number of pyridine rings is 1. The lowest BCUT2D eigenvalue weighted by molar-refractivity contribution is 0.0636. The van der Waals surface area contributed by atoms with Crippen LogP contribution in [0.5, 0.6) is 0 Å². The topological polar surface area (TPSA) is 64.1 Å². The molecule has 0 unspecified atom stereocenters. The molecule has 0 bridgehead atoms. The number of rotatable bonds is 2. The van der Waals surface area contributed by atoms with Crippen molar-refractivity contribution in [3.63, 3.8) is 0 Å². The molecule has 0 aliphatic carbocycles. The third-order valence-corrected chi connectivity index (χ3v) is 3.04. The normalized spacial score (nSPS) is 11.2. The molecule has 2 rings (SSSR count). The number of anilines is 1. The van der Waals surface area contributed by atoms with Crippen LogP contribution in [-0.4, -0.2) is 21.7 Å². The summed E-state index contributed by atoms with van der Waals surface area (Å²) in [6, 6.07) is 1.34. The third kappa shape index (κ3) is 3.99. The van der Waals surface area contributed by atoms with Crippen LogP contribution in [0.2, 0.25) is 0 Å². The minimum Gasteiger partial charge on any atom is -0.444 e. The lowest BCUT2D eigenvalue weighted by atomic mass is 10.2. The second-order valence-corrected chi connectivity index (χ2v) is 6.08. The van der Waals surface area contributed by atoms with Gasteiger partial charge in [0.15, 0.2) is 0 Å². The molecule has 0 saturated carbocycles. The largest absolute Gasteiger partial charge is 0.444 e. The van der Waals surface area contributed by atoms with E-state index in [1.165, 1.54) is 29.8 Å². The van der Waals surface area contributed by atoms with Crippen LogP contribution in [0.15, 0.2) is 24.7 Å². The third-order valence-electron chi connectivity index (χ3n) is 2.08. The van der Waals surface area contributed by atoms with Crippen LogP contribution in [0.1, 0.15) is 20.8 Å². The van der Waals surface area contributed by atoms with Crippen LogP contribution in [0.4, 0.5) is 14.2 Å². The second-order valence-electron chi connectivity index (χ2n) is 5.05. The Morgan fingerprint density at radius 2 is 2.10 bits per heavy atom. The molecule has 0 atom stereocenters. The van der Waals surface area contributed by atoms with Gasteiger partial charge in [-0.05, 0) is 26.8 Å². The van der Waals surface area contributed by atoms with Gasteiger partial charge in [-0.25, -0.2) is 14.2 Å². The second kappa shape index (κ2) is 5.54. The fourth-order valence-corrected chi connectivity index (χ4v) is 2.18. The molecule has 5 nitrogen and oxygen atoms in total. The Kier molecular flexibility index (Phi) is 3.99. The summed E-state index contributed by atoms with van der Waals surface area (Å²) in [5.41, 5.74) is -0.00314. The molecule has 0 spiro atoms. The number of hydrogen-bond acceptors (Lipinski definition) is 5. The molecule has 0 aromatic carbocycles. The van der Waals surface area contributed by atoms with E-state index < -0.39 is 17.5 Å². The molecule has 7 heteroatoms. The van der Waals surface area contributed by atoms with E-state index in [9.17, 15) is 9.18 Å². The minimum absolute atomic E-state index is 0.431. The number of halogens is 1. The maximum atomic E-state index is 13.1. The van der Waals surface area contributed by atoms with Crippen molar-refractivity contribution in [2.45, 2.75) is 26.4 Å². The number of aromatic nitrogens is 2. The fourth-order valence-electron chi connectivity index (χ4n) is 1.40. The molecule has 20 heavy (non-hydrogen) atoms. The summed E-state index contributed by atoms with van der Waals surface area (Å²) >= 11 is 1.22. The molecular formula is C13H14FN3O2S. The highest BCUT2D eigenvalue weighted by atomic mass is 32.1. The molecule has 0 aliphatic heterocycles. The Morgan fingerprint density at radius 3 is 2.75 bits per heavy atom. The predicted octanol–water partition coefficient (Wildman–Crippen LogP) is 3.69. The first-order chi connectivity index (χ1) is 9.33. The van der Waals surface area contributed by atoms with Gasteiger partial charge in [-0.1, -0.05) is 11.3 Å². The van der Waals surface area contributed by atoms with Gasteiger partial charge in [-0.15, -0.1) is 0 Å². The zero-order valence-corrected chi connectivity index (χ0v) is 12.1. The van der Waals surface area contributed by atoms with Crippen molar-refractivity contribution < 1.29 is 13.9 Å². The molecule has 2 heterocycles. The molecule has 1 amide bonds. The van der Waals surface area contributed by atoms with Crippen LogP contribution in [0, 0.1) is 5.82 Å². The van der Waals surface area contributed by atoms with Crippen molar-refractivity contribution in [3.8, 4) is 10.6 Å². The first kappa shape index (κ1) is 14.4. The summed E-state index contributed by atoms with van der Waals surface area (Å²) in [6.07, 6.45) is 3.58. The predicted molar refractivity (Wildman–Crippen MR) is 75.2 cm³/mol. The van der Waals surface area contributed by atoms with Gasteiger partial charge in [-0.3, -0.25) is 10.3 Å². The van der Waals surface area contributed by atoms with Gasteiger partial charge in [0.2, 0.25) is 0 Å². The van der Waals surface area contributed by atoms with Gasteiger partial charge < -0.3 is 4.74 Å². The zero-order valence-electron chi connectivity index (χ0n) is 11.3. The standard InChI is InChI=1S/C13H14FN3O2S/c1-13(2,3)19-12(18)17-10-7-16-11(20-10)8-4-9(14)6-15-5-8/h4-7H,1-3H3,(H,17,18). The minimum atomic E-state index is -0.565. The van der Waals surface area contributed by atoms with Crippen LogP contribution >= 0.6 is 11.3 Å². The quantitative estimate of drug-likeness (QED) is 0.917. The number of nitrogens with one attached hydrogen (secondary N) is 1. The van der Waals surface area contributed by atoms with Crippen LogP contribution in [0.25, 0.3) is 10.6 Å². The van der Waals surface area contributed by atoms with Crippen molar-refractivity contribution in [1.29, 1.82) is 0 Å². The van der Waals surface area contributed by atoms with Gasteiger partial charge in [0.05, 0.1) is 12.4 Å². The SMILES string of the molecule is CC(C)(C)OC(=O)Nc1cnc(-c2cncc(F)c2)s1. The Morgan fingerprint density at radius 1 is 1.35 bits per heavy atom. The molecule has 106 valence electrons. The van der Waals surface area contributed by atoms with Crippen LogP contribution in [0.3, 0.4) is 0 Å². The molecule has 0 saturated heterocycles. The van der Waals surface area contributed by atoms with Crippen molar-refractivity contribution in [2.75, 3.05) is 5.32 Å². The summed E-state index contributed by atoms with van der Waals surface area (Å²) < 4.78 is 18.2. The fraction of sp³-hybridized carbons (Fsp3) is 0.308. The average Bonchev–Trinajstić information content (AvgIpc) is 2.74.